The summed E-state index contributed by atoms with van der Waals surface area (Å²) in [6.07, 6.45) is -3.30. The fraction of sp³-hybridized carbons (Fsp3) is 0.235. The van der Waals surface area contributed by atoms with Gasteiger partial charge in [-0.15, -0.1) is 11.8 Å². The predicted molar refractivity (Wildman–Crippen MR) is 94.9 cm³/mol. The third kappa shape index (κ3) is 5.28. The third-order valence-electron chi connectivity index (χ3n) is 3.30. The molecule has 0 atom stereocenters. The van der Waals surface area contributed by atoms with Crippen LogP contribution in [0, 0.1) is 12.7 Å². The highest BCUT2D eigenvalue weighted by Gasteiger charge is 2.34. The lowest BCUT2D eigenvalue weighted by molar-refractivity contribution is -0.139. The summed E-state index contributed by atoms with van der Waals surface area (Å²) in [5.41, 5.74) is -0.585. The van der Waals surface area contributed by atoms with Crippen LogP contribution in [-0.4, -0.2) is 22.1 Å². The topological polar surface area (TPSA) is 42.3 Å². The number of aromatic nitrogens is 1. The maximum Gasteiger partial charge on any atom is 0.419 e. The summed E-state index contributed by atoms with van der Waals surface area (Å²) in [4.78, 5) is 20.4. The van der Waals surface area contributed by atoms with E-state index < -0.39 is 17.6 Å². The second kappa shape index (κ2) is 8.18. The van der Waals surface area contributed by atoms with E-state index in [0.29, 0.717) is 28.4 Å². The van der Waals surface area contributed by atoms with Gasteiger partial charge in [0.05, 0.1) is 22.7 Å². The minimum atomic E-state index is -4.82. The fourth-order valence-corrected chi connectivity index (χ4v) is 2.85. The van der Waals surface area contributed by atoms with Crippen molar-refractivity contribution < 1.29 is 22.4 Å². The van der Waals surface area contributed by atoms with E-state index in [1.807, 2.05) is 0 Å². The first-order valence-electron chi connectivity index (χ1n) is 7.26. The normalized spacial score (nSPS) is 12.3. The van der Waals surface area contributed by atoms with Crippen LogP contribution >= 0.6 is 23.4 Å². The molecule has 0 aliphatic rings. The number of hydrogen-bond acceptors (Lipinski definition) is 4. The Hall–Kier alpha value is -1.93. The van der Waals surface area contributed by atoms with Gasteiger partial charge in [-0.2, -0.15) is 13.2 Å². The van der Waals surface area contributed by atoms with Gasteiger partial charge in [0, 0.05) is 11.3 Å². The number of thioether (sulfide) groups is 1. The molecule has 0 aliphatic heterocycles. The number of Topliss-reactive ketones (excluding diaryl/α,β-unsaturated/α-hetero) is 1. The number of carbonyl (C=O) groups is 1. The van der Waals surface area contributed by atoms with Crippen molar-refractivity contribution in [3.05, 3.63) is 58.1 Å². The SMILES string of the molecule is CSC(CC(=O)c1cc(C)nc(Cl)c1)=Nc1ccc(F)c(C(F)(F)F)c1. The first-order chi connectivity index (χ1) is 12.1. The molecular formula is C17H13ClF4N2OS. The van der Waals surface area contributed by atoms with Crippen LogP contribution in [0.25, 0.3) is 0 Å². The third-order valence-corrected chi connectivity index (χ3v) is 4.20. The van der Waals surface area contributed by atoms with Crippen LogP contribution in [0.4, 0.5) is 23.2 Å². The van der Waals surface area contributed by atoms with E-state index in [4.69, 9.17) is 11.6 Å². The van der Waals surface area contributed by atoms with Gasteiger partial charge in [-0.25, -0.2) is 14.4 Å². The Morgan fingerprint density at radius 1 is 1.27 bits per heavy atom. The lowest BCUT2D eigenvalue weighted by Crippen LogP contribution is -2.08. The van der Waals surface area contributed by atoms with Crippen LogP contribution in [0.1, 0.15) is 28.0 Å². The number of carbonyl (C=O) groups excluding carboxylic acids is 1. The van der Waals surface area contributed by atoms with Crippen molar-refractivity contribution in [3.63, 3.8) is 0 Å². The first-order valence-corrected chi connectivity index (χ1v) is 8.86. The van der Waals surface area contributed by atoms with Crippen LogP contribution < -0.4 is 0 Å². The highest BCUT2D eigenvalue weighted by Crippen LogP contribution is 2.34. The van der Waals surface area contributed by atoms with Gasteiger partial charge in [0.2, 0.25) is 0 Å². The van der Waals surface area contributed by atoms with Crippen molar-refractivity contribution in [2.75, 3.05) is 6.26 Å². The number of aliphatic imine (C=N–C) groups is 1. The van der Waals surface area contributed by atoms with Gasteiger partial charge in [-0.1, -0.05) is 11.6 Å². The molecule has 0 fully saturated rings. The molecule has 0 unspecified atom stereocenters. The molecule has 0 saturated carbocycles. The van der Waals surface area contributed by atoms with Crippen LogP contribution in [0.2, 0.25) is 5.15 Å². The van der Waals surface area contributed by atoms with Crippen LogP contribution in [0.5, 0.6) is 0 Å². The zero-order valence-corrected chi connectivity index (χ0v) is 15.3. The summed E-state index contributed by atoms with van der Waals surface area (Å²) in [5.74, 6) is -1.68. The molecule has 138 valence electrons. The van der Waals surface area contributed by atoms with Crippen LogP contribution in [0.15, 0.2) is 35.3 Å². The number of rotatable bonds is 4. The van der Waals surface area contributed by atoms with E-state index >= 15 is 0 Å². The first kappa shape index (κ1) is 20.4. The molecule has 0 radical (unpaired) electrons. The minimum Gasteiger partial charge on any atom is -0.294 e. The number of ketones is 1. The van der Waals surface area contributed by atoms with Gasteiger partial charge in [0.15, 0.2) is 5.78 Å². The van der Waals surface area contributed by atoms with Gasteiger partial charge in [0.1, 0.15) is 11.0 Å². The van der Waals surface area contributed by atoms with Crippen molar-refractivity contribution in [1.82, 2.24) is 4.98 Å². The van der Waals surface area contributed by atoms with E-state index in [0.717, 1.165) is 17.8 Å². The summed E-state index contributed by atoms with van der Waals surface area (Å²) >= 11 is 6.95. The number of alkyl halides is 3. The molecule has 2 rings (SSSR count). The average Bonchev–Trinajstić information content (AvgIpc) is 2.53. The largest absolute Gasteiger partial charge is 0.419 e. The minimum absolute atomic E-state index is 0.0835. The zero-order valence-electron chi connectivity index (χ0n) is 13.7. The lowest BCUT2D eigenvalue weighted by Gasteiger charge is -2.09. The number of hydrogen-bond donors (Lipinski definition) is 0. The fourth-order valence-electron chi connectivity index (χ4n) is 2.13. The molecule has 3 nitrogen and oxygen atoms in total. The Morgan fingerprint density at radius 2 is 1.96 bits per heavy atom. The molecule has 0 bridgehead atoms. The van der Waals surface area contributed by atoms with Gasteiger partial charge in [0.25, 0.3) is 0 Å². The Balaban J connectivity index is 2.29. The second-order valence-corrected chi connectivity index (χ2v) is 6.56. The average molecular weight is 405 g/mol. The Labute approximate surface area is 156 Å². The van der Waals surface area contributed by atoms with Gasteiger partial charge < -0.3 is 0 Å². The maximum absolute atomic E-state index is 13.3. The quantitative estimate of drug-likeness (QED) is 0.210. The van der Waals surface area contributed by atoms with Gasteiger partial charge in [-0.3, -0.25) is 4.79 Å². The highest BCUT2D eigenvalue weighted by atomic mass is 35.5. The van der Waals surface area contributed by atoms with Crippen LogP contribution in [-0.2, 0) is 6.18 Å². The monoisotopic (exact) mass is 404 g/mol. The molecule has 1 aromatic carbocycles. The Kier molecular flexibility index (Phi) is 6.41. The molecular weight excluding hydrogens is 392 g/mol. The van der Waals surface area contributed by atoms with Crippen molar-refractivity contribution in [1.29, 1.82) is 0 Å². The molecule has 9 heteroatoms. The summed E-state index contributed by atoms with van der Waals surface area (Å²) < 4.78 is 51.7. The van der Waals surface area contributed by atoms with Gasteiger partial charge in [-0.05, 0) is 43.5 Å². The van der Waals surface area contributed by atoms with E-state index in [1.165, 1.54) is 6.07 Å². The summed E-state index contributed by atoms with van der Waals surface area (Å²) in [7, 11) is 0. The Morgan fingerprint density at radius 3 is 2.54 bits per heavy atom. The van der Waals surface area contributed by atoms with Crippen molar-refractivity contribution in [2.24, 2.45) is 4.99 Å². The Bertz CT molecular complexity index is 848. The summed E-state index contributed by atoms with van der Waals surface area (Å²) in [5, 5.41) is 0.463. The molecule has 0 aliphatic carbocycles. The zero-order chi connectivity index (χ0) is 19.5. The number of pyridine rings is 1. The number of benzene rings is 1. The number of nitrogens with zero attached hydrogens (tertiary/aromatic N) is 2. The molecule has 1 aromatic heterocycles. The van der Waals surface area contributed by atoms with E-state index in [9.17, 15) is 22.4 Å². The summed E-state index contributed by atoms with van der Waals surface area (Å²) in [6.45, 7) is 1.68. The summed E-state index contributed by atoms with van der Waals surface area (Å²) in [6, 6.07) is 5.41. The molecule has 0 saturated heterocycles. The number of aryl methyl sites for hydroxylation is 1. The van der Waals surface area contributed by atoms with Crippen molar-refractivity contribution >= 4 is 39.9 Å². The molecule has 26 heavy (non-hydrogen) atoms. The predicted octanol–water partition coefficient (Wildman–Crippen LogP) is 5.87. The molecule has 0 spiro atoms. The molecule has 0 amide bonds. The lowest BCUT2D eigenvalue weighted by atomic mass is 10.1. The van der Waals surface area contributed by atoms with Crippen LogP contribution in [0.3, 0.4) is 0 Å². The van der Waals surface area contributed by atoms with Gasteiger partial charge >= 0.3 is 6.18 Å². The van der Waals surface area contributed by atoms with Crippen molar-refractivity contribution in [2.45, 2.75) is 19.5 Å². The van der Waals surface area contributed by atoms with E-state index in [2.05, 4.69) is 9.98 Å². The highest BCUT2D eigenvalue weighted by molar-refractivity contribution is 8.13. The van der Waals surface area contributed by atoms with E-state index in [-0.39, 0.29) is 23.0 Å². The maximum atomic E-state index is 13.3. The number of halogens is 5. The smallest absolute Gasteiger partial charge is 0.294 e. The standard InChI is InChI=1S/C17H13ClF4N2OS/c1-9-5-10(6-15(18)23-9)14(25)8-16(26-2)24-11-3-4-13(19)12(7-11)17(20,21)22/h3-7H,8H2,1-2H3. The van der Waals surface area contributed by atoms with E-state index in [1.54, 1.807) is 19.2 Å². The molecule has 2 aromatic rings. The molecule has 0 N–H and O–H groups in total. The second-order valence-electron chi connectivity index (χ2n) is 5.29. The molecule has 1 heterocycles. The van der Waals surface area contributed by atoms with Crippen molar-refractivity contribution in [3.8, 4) is 0 Å².